The molecule has 0 aromatic heterocycles. The molecule has 0 saturated carbocycles. The van der Waals surface area contributed by atoms with Gasteiger partial charge in [0.05, 0.1) is 6.61 Å². The van der Waals surface area contributed by atoms with E-state index in [4.69, 9.17) is 10.2 Å². The van der Waals surface area contributed by atoms with Crippen molar-refractivity contribution in [3.63, 3.8) is 0 Å². The number of hydrogen-bond acceptors (Lipinski definition) is 3. The van der Waals surface area contributed by atoms with Crippen molar-refractivity contribution in [2.24, 2.45) is 0 Å². The van der Waals surface area contributed by atoms with Gasteiger partial charge in [0.25, 0.3) is 0 Å². The second-order valence-corrected chi connectivity index (χ2v) is 1.91. The molecule has 0 amide bonds. The minimum atomic E-state index is -1.16. The van der Waals surface area contributed by atoms with Gasteiger partial charge in [-0.3, -0.25) is 4.79 Å². The highest BCUT2D eigenvalue weighted by molar-refractivity contribution is 5.82. The number of Topliss-reactive ketones (excluding diaryl/α,β-unsaturated/α-hetero) is 1. The molecule has 0 saturated heterocycles. The Morgan fingerprint density at radius 3 is 2.56 bits per heavy atom. The number of hydrogen-bond donors (Lipinski definition) is 2. The lowest BCUT2D eigenvalue weighted by Crippen LogP contribution is -2.23. The first-order chi connectivity index (χ1) is 4.22. The summed E-state index contributed by atoms with van der Waals surface area (Å²) >= 11 is 0. The molecule has 0 aromatic rings. The lowest BCUT2D eigenvalue weighted by molar-refractivity contribution is -0.128. The maximum absolute atomic E-state index is 10.6. The van der Waals surface area contributed by atoms with Crippen molar-refractivity contribution in [3.05, 3.63) is 0 Å². The van der Waals surface area contributed by atoms with Gasteiger partial charge in [-0.05, 0) is 6.42 Å². The summed E-state index contributed by atoms with van der Waals surface area (Å²) < 4.78 is 0. The summed E-state index contributed by atoms with van der Waals surface area (Å²) in [6.45, 7) is 1.39. The third kappa shape index (κ3) is 3.21. The average Bonchev–Trinajstić information content (AvgIpc) is 1.87. The van der Waals surface area contributed by atoms with Crippen molar-refractivity contribution >= 4 is 5.78 Å². The maximum Gasteiger partial charge on any atom is 0.163 e. The van der Waals surface area contributed by atoms with Crippen LogP contribution in [-0.2, 0) is 4.79 Å². The van der Waals surface area contributed by atoms with Crippen LogP contribution in [-0.4, -0.2) is 28.7 Å². The van der Waals surface area contributed by atoms with Crippen molar-refractivity contribution < 1.29 is 15.0 Å². The smallest absolute Gasteiger partial charge is 0.163 e. The second-order valence-electron chi connectivity index (χ2n) is 1.91. The predicted octanol–water partition coefficient (Wildman–Crippen LogP) is -0.291. The minimum Gasteiger partial charge on any atom is -0.393 e. The number of aliphatic hydroxyl groups excluding tert-OH is 2. The Morgan fingerprint density at radius 2 is 2.22 bits per heavy atom. The Balaban J connectivity index is 3.46. The summed E-state index contributed by atoms with van der Waals surface area (Å²) in [4.78, 5) is 10.6. The van der Waals surface area contributed by atoms with Crippen LogP contribution in [0.5, 0.6) is 0 Å². The van der Waals surface area contributed by atoms with E-state index in [2.05, 4.69) is 0 Å². The molecule has 1 unspecified atom stereocenters. The molecule has 0 rings (SSSR count). The van der Waals surface area contributed by atoms with Crippen LogP contribution in [0.2, 0.25) is 0 Å². The van der Waals surface area contributed by atoms with Crippen molar-refractivity contribution in [1.29, 1.82) is 0 Å². The lowest BCUT2D eigenvalue weighted by atomic mass is 10.1. The molecule has 9 heavy (non-hydrogen) atoms. The van der Waals surface area contributed by atoms with Crippen molar-refractivity contribution in [1.82, 2.24) is 0 Å². The molecule has 0 bridgehead atoms. The molecule has 0 spiro atoms. The van der Waals surface area contributed by atoms with Crippen LogP contribution >= 0.6 is 0 Å². The number of carbonyl (C=O) groups is 1. The molecule has 0 aliphatic heterocycles. The first kappa shape index (κ1) is 8.59. The number of rotatable bonds is 4. The van der Waals surface area contributed by atoms with Gasteiger partial charge < -0.3 is 10.2 Å². The normalized spacial score (nSPS) is 13.2. The van der Waals surface area contributed by atoms with Gasteiger partial charge in [-0.2, -0.15) is 0 Å². The highest BCUT2D eigenvalue weighted by Crippen LogP contribution is 1.93. The second kappa shape index (κ2) is 4.47. The zero-order valence-electron chi connectivity index (χ0n) is 5.50. The number of ketones is 1. The van der Waals surface area contributed by atoms with Gasteiger partial charge in [0.15, 0.2) is 5.78 Å². The molecule has 0 heterocycles. The summed E-state index contributed by atoms with van der Waals surface area (Å²) in [5, 5.41) is 16.9. The van der Waals surface area contributed by atoms with Crippen LogP contribution in [0.25, 0.3) is 0 Å². The van der Waals surface area contributed by atoms with E-state index in [1.807, 2.05) is 6.92 Å². The zero-order valence-corrected chi connectivity index (χ0v) is 5.50. The number of carbonyl (C=O) groups excluding carboxylic acids is 1. The Labute approximate surface area is 54.3 Å². The molecular formula is C6H12O3. The summed E-state index contributed by atoms with van der Waals surface area (Å²) in [6.07, 6.45) is -0.0950. The van der Waals surface area contributed by atoms with Crippen LogP contribution < -0.4 is 0 Å². The summed E-state index contributed by atoms with van der Waals surface area (Å²) in [5.74, 6) is -0.278. The monoisotopic (exact) mass is 132 g/mol. The topological polar surface area (TPSA) is 57.5 Å². The molecule has 0 aromatic carbocycles. The van der Waals surface area contributed by atoms with E-state index in [-0.39, 0.29) is 5.78 Å². The maximum atomic E-state index is 10.6. The van der Waals surface area contributed by atoms with E-state index in [1.54, 1.807) is 0 Å². The van der Waals surface area contributed by atoms with Crippen molar-refractivity contribution in [3.8, 4) is 0 Å². The van der Waals surface area contributed by atoms with Crippen molar-refractivity contribution in [2.75, 3.05) is 6.61 Å². The third-order valence-electron chi connectivity index (χ3n) is 1.04. The largest absolute Gasteiger partial charge is 0.393 e. The van der Waals surface area contributed by atoms with Crippen LogP contribution in [0.1, 0.15) is 19.8 Å². The molecule has 0 aliphatic carbocycles. The van der Waals surface area contributed by atoms with Gasteiger partial charge in [-0.25, -0.2) is 0 Å². The lowest BCUT2D eigenvalue weighted by Gasteiger charge is -2.02. The Hall–Kier alpha value is -0.410. The third-order valence-corrected chi connectivity index (χ3v) is 1.04. The average molecular weight is 132 g/mol. The van der Waals surface area contributed by atoms with Gasteiger partial charge >= 0.3 is 0 Å². The number of aliphatic hydroxyl groups is 2. The van der Waals surface area contributed by atoms with Crippen molar-refractivity contribution in [2.45, 2.75) is 25.9 Å². The molecule has 1 atom stereocenters. The minimum absolute atomic E-state index is 0.278. The molecule has 2 N–H and O–H groups in total. The summed E-state index contributed by atoms with van der Waals surface area (Å²) in [5.41, 5.74) is 0. The SMILES string of the molecule is CCCC(=O)C(O)CO. The summed E-state index contributed by atoms with van der Waals surface area (Å²) in [6, 6.07) is 0. The zero-order chi connectivity index (χ0) is 7.28. The van der Waals surface area contributed by atoms with Gasteiger partial charge in [0, 0.05) is 6.42 Å². The van der Waals surface area contributed by atoms with Crippen LogP contribution in [0.15, 0.2) is 0 Å². The van der Waals surface area contributed by atoms with Crippen LogP contribution in [0.3, 0.4) is 0 Å². The summed E-state index contributed by atoms with van der Waals surface area (Å²) in [7, 11) is 0. The van der Waals surface area contributed by atoms with Crippen LogP contribution in [0, 0.1) is 0 Å². The molecule has 0 fully saturated rings. The molecule has 54 valence electrons. The fraction of sp³-hybridized carbons (Fsp3) is 0.833. The molecule has 0 radical (unpaired) electrons. The Kier molecular flexibility index (Phi) is 4.26. The fourth-order valence-electron chi connectivity index (χ4n) is 0.515. The highest BCUT2D eigenvalue weighted by atomic mass is 16.3. The molecule has 0 aliphatic rings. The fourth-order valence-corrected chi connectivity index (χ4v) is 0.515. The van der Waals surface area contributed by atoms with E-state index < -0.39 is 12.7 Å². The van der Waals surface area contributed by atoms with Gasteiger partial charge in [-0.1, -0.05) is 6.92 Å². The standard InChI is InChI=1S/C6H12O3/c1-2-3-5(8)6(9)4-7/h6-7,9H,2-4H2,1H3. The van der Waals surface area contributed by atoms with E-state index in [0.717, 1.165) is 6.42 Å². The van der Waals surface area contributed by atoms with E-state index in [1.165, 1.54) is 0 Å². The van der Waals surface area contributed by atoms with E-state index in [9.17, 15) is 4.79 Å². The molecule has 3 heteroatoms. The van der Waals surface area contributed by atoms with E-state index in [0.29, 0.717) is 6.42 Å². The first-order valence-corrected chi connectivity index (χ1v) is 3.04. The molecule has 3 nitrogen and oxygen atoms in total. The predicted molar refractivity (Wildman–Crippen MR) is 33.0 cm³/mol. The first-order valence-electron chi connectivity index (χ1n) is 3.04. The Bertz CT molecular complexity index is 90.3. The van der Waals surface area contributed by atoms with E-state index >= 15 is 0 Å². The van der Waals surface area contributed by atoms with Gasteiger partial charge in [0.2, 0.25) is 0 Å². The Morgan fingerprint density at radius 1 is 1.67 bits per heavy atom. The van der Waals surface area contributed by atoms with Crippen LogP contribution in [0.4, 0.5) is 0 Å². The van der Waals surface area contributed by atoms with Gasteiger partial charge in [0.1, 0.15) is 6.10 Å². The highest BCUT2D eigenvalue weighted by Gasteiger charge is 2.10. The quantitative estimate of drug-likeness (QED) is 0.552. The molecular weight excluding hydrogens is 120 g/mol. The van der Waals surface area contributed by atoms with Gasteiger partial charge in [-0.15, -0.1) is 0 Å².